The second kappa shape index (κ2) is 4.48. The Balaban J connectivity index is 1.44. The van der Waals surface area contributed by atoms with Gasteiger partial charge in [0.15, 0.2) is 17.0 Å². The zero-order valence-corrected chi connectivity index (χ0v) is 12.5. The summed E-state index contributed by atoms with van der Waals surface area (Å²) >= 11 is 0. The number of hydrogen-bond donors (Lipinski definition) is 1. The Morgan fingerprint density at radius 3 is 2.91 bits per heavy atom. The molecule has 0 spiro atoms. The number of imidazole rings is 1. The van der Waals surface area contributed by atoms with Gasteiger partial charge in [-0.2, -0.15) is 4.98 Å². The van der Waals surface area contributed by atoms with Crippen molar-refractivity contribution in [2.24, 2.45) is 18.9 Å². The third-order valence-electron chi connectivity index (χ3n) is 4.88. The molecule has 0 radical (unpaired) electrons. The van der Waals surface area contributed by atoms with E-state index < -0.39 is 0 Å². The number of nitrogens with one attached hydrogen (secondary N) is 1. The monoisotopic (exact) mass is 313 g/mol. The van der Waals surface area contributed by atoms with Crippen molar-refractivity contribution in [3.8, 4) is 0 Å². The van der Waals surface area contributed by atoms with Gasteiger partial charge in [0.05, 0.1) is 6.33 Å². The lowest BCUT2D eigenvalue weighted by molar-refractivity contribution is 0.363. The number of rotatable bonds is 3. The number of nitrogens with zero attached hydrogens (tertiary/aromatic N) is 6. The molecule has 0 amide bonds. The zero-order chi connectivity index (χ0) is 15.6. The van der Waals surface area contributed by atoms with Crippen LogP contribution < -0.4 is 10.9 Å². The third-order valence-corrected chi connectivity index (χ3v) is 4.88. The van der Waals surface area contributed by atoms with E-state index in [4.69, 9.17) is 4.52 Å². The summed E-state index contributed by atoms with van der Waals surface area (Å²) in [4.78, 5) is 25.2. The minimum absolute atomic E-state index is 0.165. The van der Waals surface area contributed by atoms with E-state index in [0.29, 0.717) is 34.8 Å². The van der Waals surface area contributed by atoms with Crippen LogP contribution in [0.5, 0.6) is 0 Å². The van der Waals surface area contributed by atoms with Crippen molar-refractivity contribution in [1.29, 1.82) is 0 Å². The summed E-state index contributed by atoms with van der Waals surface area (Å²) in [5.41, 5.74) is 0.746. The minimum atomic E-state index is -0.165. The fraction of sp³-hybridized carbons (Fsp3) is 0.500. The van der Waals surface area contributed by atoms with Crippen LogP contribution in [0.4, 0.5) is 0 Å². The molecule has 5 rings (SSSR count). The maximum absolute atomic E-state index is 12.5. The number of hydrogen-bond acceptors (Lipinski definition) is 7. The first-order valence-electron chi connectivity index (χ1n) is 7.62. The Bertz CT molecular complexity index is 946. The fourth-order valence-electron chi connectivity index (χ4n) is 3.60. The summed E-state index contributed by atoms with van der Waals surface area (Å²) in [6, 6.07) is 0. The van der Waals surface area contributed by atoms with Crippen molar-refractivity contribution in [2.45, 2.75) is 12.5 Å². The van der Waals surface area contributed by atoms with Crippen LogP contribution in [0.15, 0.2) is 22.0 Å². The largest absolute Gasteiger partial charge is 0.337 e. The van der Waals surface area contributed by atoms with Gasteiger partial charge in [0.25, 0.3) is 5.56 Å². The van der Waals surface area contributed by atoms with Crippen molar-refractivity contribution in [3.05, 3.63) is 34.7 Å². The summed E-state index contributed by atoms with van der Waals surface area (Å²) in [6.07, 6.45) is 3.05. The second-order valence-electron chi connectivity index (χ2n) is 6.26. The Morgan fingerprint density at radius 2 is 2.09 bits per heavy atom. The van der Waals surface area contributed by atoms with Crippen molar-refractivity contribution in [3.63, 3.8) is 0 Å². The molecule has 1 N–H and O–H groups in total. The first-order valence-corrected chi connectivity index (χ1v) is 7.62. The molecular formula is C14H15N7O2. The van der Waals surface area contributed by atoms with E-state index in [9.17, 15) is 4.79 Å². The molecule has 1 aliphatic heterocycles. The standard InChI is InChI=1S/C14H15N7O2/c1-20-5-16-13-11(20)14(22)21(6-17-13)4-9-18-12(19-23-9)10-7-2-15-3-8(7)10/h5-8,10,15H,2-4H2,1H3. The molecule has 3 aromatic rings. The van der Waals surface area contributed by atoms with Gasteiger partial charge in [0, 0.05) is 13.0 Å². The van der Waals surface area contributed by atoms with E-state index in [1.54, 1.807) is 17.9 Å². The molecule has 1 saturated heterocycles. The van der Waals surface area contributed by atoms with Crippen LogP contribution in [0.3, 0.4) is 0 Å². The molecule has 2 unspecified atom stereocenters. The van der Waals surface area contributed by atoms with Crippen LogP contribution in [0, 0.1) is 11.8 Å². The summed E-state index contributed by atoms with van der Waals surface area (Å²) in [7, 11) is 1.77. The Kier molecular flexibility index (Phi) is 2.52. The Morgan fingerprint density at radius 1 is 1.30 bits per heavy atom. The summed E-state index contributed by atoms with van der Waals surface area (Å²) in [5, 5.41) is 7.44. The molecule has 23 heavy (non-hydrogen) atoms. The molecule has 1 aliphatic carbocycles. The number of aryl methyl sites for hydroxylation is 1. The van der Waals surface area contributed by atoms with Crippen LogP contribution in [0.2, 0.25) is 0 Å². The molecule has 9 nitrogen and oxygen atoms in total. The van der Waals surface area contributed by atoms with E-state index in [1.165, 1.54) is 10.9 Å². The molecule has 0 aromatic carbocycles. The minimum Gasteiger partial charge on any atom is -0.337 e. The average Bonchev–Trinajstić information content (AvgIpc) is 3.01. The molecule has 9 heteroatoms. The van der Waals surface area contributed by atoms with Crippen LogP contribution in [-0.2, 0) is 13.6 Å². The third kappa shape index (κ3) is 1.86. The first kappa shape index (κ1) is 12.9. The number of aromatic nitrogens is 6. The highest BCUT2D eigenvalue weighted by Gasteiger charge is 2.55. The van der Waals surface area contributed by atoms with E-state index >= 15 is 0 Å². The van der Waals surface area contributed by atoms with Gasteiger partial charge in [-0.1, -0.05) is 5.16 Å². The van der Waals surface area contributed by atoms with Crippen molar-refractivity contribution < 1.29 is 4.52 Å². The van der Waals surface area contributed by atoms with E-state index in [0.717, 1.165) is 18.9 Å². The van der Waals surface area contributed by atoms with E-state index in [2.05, 4.69) is 25.4 Å². The quantitative estimate of drug-likeness (QED) is 0.694. The van der Waals surface area contributed by atoms with Crippen molar-refractivity contribution in [1.82, 2.24) is 34.6 Å². The molecule has 4 heterocycles. The van der Waals surface area contributed by atoms with Gasteiger partial charge in [0.2, 0.25) is 5.89 Å². The smallest absolute Gasteiger partial charge is 0.280 e. The normalized spacial score (nSPS) is 25.9. The maximum atomic E-state index is 12.5. The molecule has 0 bridgehead atoms. The highest BCUT2D eigenvalue weighted by Crippen LogP contribution is 2.54. The molecule has 3 aromatic heterocycles. The molecule has 118 valence electrons. The lowest BCUT2D eigenvalue weighted by Crippen LogP contribution is -2.22. The van der Waals surface area contributed by atoms with Gasteiger partial charge in [-0.3, -0.25) is 9.36 Å². The van der Waals surface area contributed by atoms with Crippen LogP contribution >= 0.6 is 0 Å². The van der Waals surface area contributed by atoms with Gasteiger partial charge >= 0.3 is 0 Å². The predicted molar refractivity (Wildman–Crippen MR) is 78.8 cm³/mol. The number of fused-ring (bicyclic) bond motifs is 2. The van der Waals surface area contributed by atoms with Crippen LogP contribution in [0.25, 0.3) is 11.2 Å². The summed E-state index contributed by atoms with van der Waals surface area (Å²) in [6.45, 7) is 2.28. The summed E-state index contributed by atoms with van der Waals surface area (Å²) in [5.74, 6) is 2.87. The van der Waals surface area contributed by atoms with Crippen molar-refractivity contribution in [2.75, 3.05) is 13.1 Å². The molecule has 2 atom stereocenters. The topological polar surface area (TPSA) is 104 Å². The highest BCUT2D eigenvalue weighted by molar-refractivity contribution is 5.68. The van der Waals surface area contributed by atoms with Gasteiger partial charge in [0.1, 0.15) is 12.9 Å². The van der Waals surface area contributed by atoms with Crippen LogP contribution in [0.1, 0.15) is 17.6 Å². The molecule has 2 aliphatic rings. The predicted octanol–water partition coefficient (Wildman–Crippen LogP) is -0.506. The zero-order valence-electron chi connectivity index (χ0n) is 12.5. The molecular weight excluding hydrogens is 298 g/mol. The SMILES string of the molecule is Cn1cnc2ncn(Cc3nc(C4C5CNCC54)no3)c(=O)c21. The maximum Gasteiger partial charge on any atom is 0.280 e. The summed E-state index contributed by atoms with van der Waals surface area (Å²) < 4.78 is 8.46. The van der Waals surface area contributed by atoms with Crippen LogP contribution in [-0.4, -0.2) is 42.3 Å². The first-order chi connectivity index (χ1) is 11.2. The molecule has 2 fully saturated rings. The fourth-order valence-corrected chi connectivity index (χ4v) is 3.60. The molecule has 1 saturated carbocycles. The Hall–Kier alpha value is -2.55. The van der Waals surface area contributed by atoms with Gasteiger partial charge in [-0.25, -0.2) is 9.97 Å². The lowest BCUT2D eigenvalue weighted by Gasteiger charge is -2.01. The van der Waals surface area contributed by atoms with Gasteiger partial charge in [-0.15, -0.1) is 0 Å². The highest BCUT2D eigenvalue weighted by atomic mass is 16.5. The van der Waals surface area contributed by atoms with Gasteiger partial charge in [-0.05, 0) is 24.9 Å². The van der Waals surface area contributed by atoms with Crippen molar-refractivity contribution >= 4 is 11.2 Å². The average molecular weight is 313 g/mol. The lowest BCUT2D eigenvalue weighted by atomic mass is 10.3. The second-order valence-corrected chi connectivity index (χ2v) is 6.26. The van der Waals surface area contributed by atoms with Gasteiger partial charge < -0.3 is 14.4 Å². The number of piperidine rings is 1. The Labute approximate surface area is 130 Å². The van der Waals surface area contributed by atoms with E-state index in [1.807, 2.05) is 0 Å². The van der Waals surface area contributed by atoms with E-state index in [-0.39, 0.29) is 12.1 Å².